The quantitative estimate of drug-likeness (QED) is 0.723. The van der Waals surface area contributed by atoms with Gasteiger partial charge in [0.1, 0.15) is 5.60 Å². The fourth-order valence-electron chi connectivity index (χ4n) is 1.97. The molecule has 0 aliphatic carbocycles. The van der Waals surface area contributed by atoms with Crippen LogP contribution in [0.25, 0.3) is 0 Å². The van der Waals surface area contributed by atoms with E-state index < -0.39 is 11.0 Å². The largest absolute Gasteiger partial charge is 0.460 e. The van der Waals surface area contributed by atoms with Crippen molar-refractivity contribution in [2.45, 2.75) is 46.6 Å². The van der Waals surface area contributed by atoms with Crippen molar-refractivity contribution in [3.05, 3.63) is 0 Å². The summed E-state index contributed by atoms with van der Waals surface area (Å²) in [5, 5.41) is 0. The Morgan fingerprint density at radius 2 is 1.78 bits per heavy atom. The molecule has 1 unspecified atom stereocenters. The van der Waals surface area contributed by atoms with Crippen molar-refractivity contribution in [1.82, 2.24) is 4.90 Å². The number of hydrogen-bond donors (Lipinski definition) is 0. The van der Waals surface area contributed by atoms with Crippen LogP contribution in [0.5, 0.6) is 0 Å². The molecule has 1 saturated heterocycles. The number of rotatable bonds is 4. The standard InChI is InChI=1S/C14H27NO3/c1-6-14(5,12(16)18-13(2,3)4)11-15-7-9-17-10-8-15/h6-11H2,1-5H3. The molecule has 1 rings (SSSR count). The van der Waals surface area contributed by atoms with Crippen molar-refractivity contribution in [2.24, 2.45) is 5.41 Å². The molecule has 1 aliphatic heterocycles. The number of hydrogen-bond acceptors (Lipinski definition) is 4. The summed E-state index contributed by atoms with van der Waals surface area (Å²) in [4.78, 5) is 14.6. The molecule has 0 spiro atoms. The van der Waals surface area contributed by atoms with E-state index in [4.69, 9.17) is 9.47 Å². The van der Waals surface area contributed by atoms with E-state index in [1.54, 1.807) is 0 Å². The van der Waals surface area contributed by atoms with Crippen LogP contribution >= 0.6 is 0 Å². The molecule has 0 saturated carbocycles. The second kappa shape index (κ2) is 6.02. The lowest BCUT2D eigenvalue weighted by molar-refractivity contribution is -0.168. The molecule has 106 valence electrons. The van der Waals surface area contributed by atoms with Gasteiger partial charge in [0.05, 0.1) is 18.6 Å². The zero-order valence-electron chi connectivity index (χ0n) is 12.4. The second-order valence-electron chi connectivity index (χ2n) is 6.30. The van der Waals surface area contributed by atoms with Crippen LogP contribution in [0.1, 0.15) is 41.0 Å². The summed E-state index contributed by atoms with van der Waals surface area (Å²) in [6.45, 7) is 13.9. The number of morpholine rings is 1. The molecule has 0 N–H and O–H groups in total. The molecule has 4 heteroatoms. The molecule has 0 aromatic carbocycles. The summed E-state index contributed by atoms with van der Waals surface area (Å²) in [5.41, 5.74) is -0.844. The molecule has 0 bridgehead atoms. The highest BCUT2D eigenvalue weighted by atomic mass is 16.6. The molecule has 0 aromatic rings. The first-order chi connectivity index (χ1) is 8.27. The highest BCUT2D eigenvalue weighted by molar-refractivity contribution is 5.77. The second-order valence-corrected chi connectivity index (χ2v) is 6.30. The summed E-state index contributed by atoms with van der Waals surface area (Å²) in [6, 6.07) is 0. The lowest BCUT2D eigenvalue weighted by atomic mass is 9.86. The lowest BCUT2D eigenvalue weighted by Crippen LogP contribution is -2.47. The van der Waals surface area contributed by atoms with Crippen LogP contribution in [0.2, 0.25) is 0 Å². The molecule has 18 heavy (non-hydrogen) atoms. The number of nitrogens with zero attached hydrogens (tertiary/aromatic N) is 1. The highest BCUT2D eigenvalue weighted by Crippen LogP contribution is 2.27. The predicted molar refractivity (Wildman–Crippen MR) is 71.5 cm³/mol. The van der Waals surface area contributed by atoms with Crippen molar-refractivity contribution >= 4 is 5.97 Å². The third-order valence-corrected chi connectivity index (χ3v) is 3.35. The summed E-state index contributed by atoms with van der Waals surface area (Å²) in [5.74, 6) is -0.0935. The van der Waals surface area contributed by atoms with Gasteiger partial charge in [0.15, 0.2) is 0 Å². The number of carbonyl (C=O) groups is 1. The van der Waals surface area contributed by atoms with Crippen molar-refractivity contribution in [1.29, 1.82) is 0 Å². The Morgan fingerprint density at radius 1 is 1.22 bits per heavy atom. The van der Waals surface area contributed by atoms with Gasteiger partial charge in [-0.15, -0.1) is 0 Å². The Balaban J connectivity index is 2.62. The summed E-state index contributed by atoms with van der Waals surface area (Å²) in [6.07, 6.45) is 0.791. The van der Waals surface area contributed by atoms with Crippen molar-refractivity contribution in [3.8, 4) is 0 Å². The Kier molecular flexibility index (Phi) is 5.17. The highest BCUT2D eigenvalue weighted by Gasteiger charge is 2.37. The van der Waals surface area contributed by atoms with Gasteiger partial charge < -0.3 is 9.47 Å². The van der Waals surface area contributed by atoms with Gasteiger partial charge in [-0.1, -0.05) is 6.92 Å². The molecule has 1 aliphatic rings. The molecule has 1 fully saturated rings. The normalized spacial score (nSPS) is 21.4. The van der Waals surface area contributed by atoms with Crippen molar-refractivity contribution < 1.29 is 14.3 Å². The minimum Gasteiger partial charge on any atom is -0.460 e. The molecular weight excluding hydrogens is 230 g/mol. The predicted octanol–water partition coefficient (Wildman–Crippen LogP) is 2.08. The summed E-state index contributed by atoms with van der Waals surface area (Å²) < 4.78 is 10.9. The molecule has 1 atom stereocenters. The third-order valence-electron chi connectivity index (χ3n) is 3.35. The van der Waals surface area contributed by atoms with Crippen molar-refractivity contribution in [2.75, 3.05) is 32.8 Å². The van der Waals surface area contributed by atoms with Crippen LogP contribution in [0, 0.1) is 5.41 Å². The zero-order chi connectivity index (χ0) is 13.8. The van der Waals surface area contributed by atoms with Gasteiger partial charge >= 0.3 is 5.97 Å². The van der Waals surface area contributed by atoms with Gasteiger partial charge in [-0.05, 0) is 34.1 Å². The van der Waals surface area contributed by atoms with E-state index >= 15 is 0 Å². The maximum atomic E-state index is 12.3. The first-order valence-corrected chi connectivity index (χ1v) is 6.80. The van der Waals surface area contributed by atoms with Gasteiger partial charge in [-0.3, -0.25) is 9.69 Å². The SMILES string of the molecule is CCC(C)(CN1CCOCC1)C(=O)OC(C)(C)C. The minimum absolute atomic E-state index is 0.0935. The average molecular weight is 257 g/mol. The van der Waals surface area contributed by atoms with E-state index in [1.807, 2.05) is 34.6 Å². The van der Waals surface area contributed by atoms with Crippen molar-refractivity contribution in [3.63, 3.8) is 0 Å². The fraction of sp³-hybridized carbons (Fsp3) is 0.929. The Morgan fingerprint density at radius 3 is 2.22 bits per heavy atom. The van der Waals surface area contributed by atoms with Crippen LogP contribution in [0.15, 0.2) is 0 Å². The minimum atomic E-state index is -0.426. The molecule has 4 nitrogen and oxygen atoms in total. The number of esters is 1. The maximum absolute atomic E-state index is 12.3. The first kappa shape index (κ1) is 15.4. The number of ether oxygens (including phenoxy) is 2. The van der Waals surface area contributed by atoms with Crippen LogP contribution in [-0.4, -0.2) is 49.3 Å². The van der Waals surface area contributed by atoms with Crippen LogP contribution in [0.4, 0.5) is 0 Å². The van der Waals surface area contributed by atoms with Crippen LogP contribution in [0.3, 0.4) is 0 Å². The van der Waals surface area contributed by atoms with E-state index in [9.17, 15) is 4.79 Å². The molecule has 0 radical (unpaired) electrons. The van der Waals surface area contributed by atoms with E-state index in [1.165, 1.54) is 0 Å². The monoisotopic (exact) mass is 257 g/mol. The van der Waals surface area contributed by atoms with Gasteiger partial charge in [0, 0.05) is 19.6 Å². The maximum Gasteiger partial charge on any atom is 0.313 e. The first-order valence-electron chi connectivity index (χ1n) is 6.80. The van der Waals surface area contributed by atoms with E-state index in [-0.39, 0.29) is 5.97 Å². The van der Waals surface area contributed by atoms with E-state index in [0.29, 0.717) is 0 Å². The lowest BCUT2D eigenvalue weighted by Gasteiger charge is -2.36. The average Bonchev–Trinajstić information content (AvgIpc) is 2.28. The van der Waals surface area contributed by atoms with Gasteiger partial charge in [0.25, 0.3) is 0 Å². The van der Waals surface area contributed by atoms with Crippen LogP contribution < -0.4 is 0 Å². The van der Waals surface area contributed by atoms with E-state index in [2.05, 4.69) is 4.90 Å². The Labute approximate surface area is 111 Å². The topological polar surface area (TPSA) is 38.8 Å². The number of carbonyl (C=O) groups excluding carboxylic acids is 1. The Hall–Kier alpha value is -0.610. The third kappa shape index (κ3) is 4.58. The van der Waals surface area contributed by atoms with Gasteiger partial charge in [-0.2, -0.15) is 0 Å². The fourth-order valence-corrected chi connectivity index (χ4v) is 1.97. The smallest absolute Gasteiger partial charge is 0.313 e. The summed E-state index contributed by atoms with van der Waals surface area (Å²) in [7, 11) is 0. The van der Waals surface area contributed by atoms with Gasteiger partial charge in [0.2, 0.25) is 0 Å². The molecule has 1 heterocycles. The zero-order valence-corrected chi connectivity index (χ0v) is 12.4. The van der Waals surface area contributed by atoms with E-state index in [0.717, 1.165) is 39.3 Å². The molecular formula is C14H27NO3. The van der Waals surface area contributed by atoms with Gasteiger partial charge in [-0.25, -0.2) is 0 Å². The molecule has 0 aromatic heterocycles. The Bertz CT molecular complexity index is 279. The molecule has 0 amide bonds. The van der Waals surface area contributed by atoms with Crippen LogP contribution in [-0.2, 0) is 14.3 Å². The summed E-state index contributed by atoms with van der Waals surface area (Å²) >= 11 is 0.